The molecule has 5 rings (SSSR count). The van der Waals surface area contributed by atoms with Crippen molar-refractivity contribution < 1.29 is 42.7 Å². The van der Waals surface area contributed by atoms with Gasteiger partial charge in [-0.2, -0.15) is 0 Å². The van der Waals surface area contributed by atoms with Crippen LogP contribution in [0.15, 0.2) is 134 Å². The molecule has 1 aliphatic heterocycles. The van der Waals surface area contributed by atoms with Crippen molar-refractivity contribution in [2.45, 2.75) is 49.7 Å². The summed E-state index contributed by atoms with van der Waals surface area (Å²) < 4.78 is 21.6. The summed E-state index contributed by atoms with van der Waals surface area (Å²) in [6.45, 7) is 0.201. The second-order valence-electron chi connectivity index (χ2n) is 12.6. The summed E-state index contributed by atoms with van der Waals surface area (Å²) >= 11 is 0. The maximum absolute atomic E-state index is 14.8. The van der Waals surface area contributed by atoms with E-state index in [2.05, 4.69) is 10.6 Å². The Morgan fingerprint density at radius 2 is 1.40 bits per heavy atom. The number of nitrogens with zero attached hydrogens (tertiary/aromatic N) is 1. The van der Waals surface area contributed by atoms with Crippen LogP contribution in [0.25, 0.3) is 0 Å². The van der Waals surface area contributed by atoms with Gasteiger partial charge < -0.3 is 0 Å². The van der Waals surface area contributed by atoms with Gasteiger partial charge in [0.15, 0.2) is 0 Å². The molecule has 0 radical (unpaired) electrons. The number of hydrogen-bond donors (Lipinski definition) is 4. The molecule has 3 unspecified atom stereocenters. The Labute approximate surface area is 309 Å². The topological polar surface area (TPSA) is 156 Å². The summed E-state index contributed by atoms with van der Waals surface area (Å²) in [5.41, 5.74) is 2.31. The molecule has 1 fully saturated rings. The Morgan fingerprint density at radius 3 is 1.96 bits per heavy atom. The number of likely N-dealkylation sites (tertiary alicyclic amines) is 1. The van der Waals surface area contributed by atoms with Crippen LogP contribution in [0.4, 0.5) is 4.79 Å². The summed E-state index contributed by atoms with van der Waals surface area (Å²) in [5, 5.41) is 5.56. The number of para-hydroxylation sites is 1. The van der Waals surface area contributed by atoms with Crippen LogP contribution in [0.3, 0.4) is 0 Å². The van der Waals surface area contributed by atoms with Crippen LogP contribution in [0.2, 0.25) is 0 Å². The van der Waals surface area contributed by atoms with E-state index in [1.165, 1.54) is 36.5 Å². The van der Waals surface area contributed by atoms with Crippen molar-refractivity contribution in [1.82, 2.24) is 15.5 Å². The normalized spacial score (nSPS) is 16.3. The first-order chi connectivity index (χ1) is 25.6. The third-order valence-electron chi connectivity index (χ3n) is 9.04. The fraction of sp³-hybridized carbons (Fsp3) is 0.275. The molecule has 3 amide bonds. The number of amides is 3. The second kappa shape index (κ2) is 18.0. The summed E-state index contributed by atoms with van der Waals surface area (Å²) in [6, 6.07) is 33.7. The molecule has 1 aliphatic rings. The molecule has 0 saturated carbocycles. The molecule has 53 heavy (non-hydrogen) atoms. The van der Waals surface area contributed by atoms with Gasteiger partial charge in [-0.15, -0.1) is 0 Å². The van der Waals surface area contributed by atoms with Crippen LogP contribution in [0.5, 0.6) is 5.75 Å². The zero-order valence-corrected chi connectivity index (χ0v) is 30.6. The average Bonchev–Trinajstić information content (AvgIpc) is 3.68. The van der Waals surface area contributed by atoms with Gasteiger partial charge in [0.2, 0.25) is 0 Å². The summed E-state index contributed by atoms with van der Waals surface area (Å²) in [7, 11) is -3.09. The van der Waals surface area contributed by atoms with E-state index >= 15 is 0 Å². The van der Waals surface area contributed by atoms with E-state index in [1.807, 2.05) is 91.0 Å². The van der Waals surface area contributed by atoms with Crippen LogP contribution in [-0.2, 0) is 30.2 Å². The molecule has 0 aromatic heterocycles. The molecule has 1 heterocycles. The van der Waals surface area contributed by atoms with E-state index < -0.39 is 49.2 Å². The van der Waals surface area contributed by atoms with Gasteiger partial charge in [-0.05, 0) is 0 Å². The third kappa shape index (κ3) is 10.00. The second-order valence-corrected chi connectivity index (χ2v) is 15.6. The van der Waals surface area contributed by atoms with Crippen LogP contribution in [0.1, 0.15) is 41.9 Å². The van der Waals surface area contributed by atoms with E-state index in [0.717, 1.165) is 23.8 Å². The zero-order chi connectivity index (χ0) is 37.7. The van der Waals surface area contributed by atoms with Crippen molar-refractivity contribution in [2.24, 2.45) is 0 Å². The van der Waals surface area contributed by atoms with E-state index in [1.54, 1.807) is 18.2 Å². The summed E-state index contributed by atoms with van der Waals surface area (Å²) in [4.78, 5) is 67.3. The molecule has 4 aromatic rings. The van der Waals surface area contributed by atoms with E-state index in [4.69, 9.17) is 18.5 Å². The minimum absolute atomic E-state index is 0.0125. The number of carbonyl (C=O) groups excluding carboxylic acids is 3. The number of carbonyl (C=O) groups is 3. The average molecular weight is 744 g/mol. The van der Waals surface area contributed by atoms with Gasteiger partial charge in [0.1, 0.15) is 0 Å². The standard InChI is InChI=1S/C40H46N3O9P/c1-49-28-16-26-35(53(47,48,50-2)52-33-23-13-6-14-24-33)41-38(44)34-25-15-27-43(34)39(45)37(42-40(46)51-29-30-17-7-3-8-18-30)36(31-19-9-4-10-20-31)32-21-11-5-12-22-32/h3-14,16-24,28,34-37,47-48H,15,25-27,29H2,1-2H3,(H,41,44)(H,42,46). The summed E-state index contributed by atoms with van der Waals surface area (Å²) in [6.07, 6.45) is 2.65. The third-order valence-corrected chi connectivity index (χ3v) is 11.7. The first-order valence-corrected chi connectivity index (χ1v) is 19.3. The van der Waals surface area contributed by atoms with Crippen LogP contribution < -0.4 is 15.2 Å². The first kappa shape index (κ1) is 39.0. The van der Waals surface area contributed by atoms with Crippen molar-refractivity contribution in [3.63, 3.8) is 0 Å². The van der Waals surface area contributed by atoms with Crippen LogP contribution in [0, 0.1) is 0 Å². The van der Waals surface area contributed by atoms with Crippen molar-refractivity contribution in [1.29, 1.82) is 0 Å². The monoisotopic (exact) mass is 743 g/mol. The zero-order valence-electron chi connectivity index (χ0n) is 29.7. The molecular weight excluding hydrogens is 697 g/mol. The SMILES string of the molecule is COC=CCC(NC(=O)C1CCCN1C(=O)C(NC(=O)OCc1ccccc1)C(c1ccccc1)c1ccccc1)P(O)(O)(OC)Oc1ccccc1. The van der Waals surface area contributed by atoms with Gasteiger partial charge in [0.25, 0.3) is 0 Å². The van der Waals surface area contributed by atoms with Gasteiger partial charge >= 0.3 is 280 Å². The first-order valence-electron chi connectivity index (χ1n) is 17.3. The van der Waals surface area contributed by atoms with E-state index in [9.17, 15) is 24.2 Å². The minimum atomic E-state index is -5.61. The number of ether oxygens (including phenoxy) is 2. The Hall–Kier alpha value is -5.26. The molecule has 4 N–H and O–H groups in total. The van der Waals surface area contributed by atoms with Crippen LogP contribution >= 0.6 is 7.51 Å². The fourth-order valence-corrected chi connectivity index (χ4v) is 8.16. The molecule has 12 nitrogen and oxygen atoms in total. The fourth-order valence-electron chi connectivity index (χ4n) is 6.36. The number of nitrogens with one attached hydrogen (secondary N) is 2. The molecule has 1 saturated heterocycles. The molecule has 0 bridgehead atoms. The van der Waals surface area contributed by atoms with E-state index in [-0.39, 0.29) is 31.7 Å². The molecule has 280 valence electrons. The van der Waals surface area contributed by atoms with Gasteiger partial charge in [-0.25, -0.2) is 0 Å². The Bertz CT molecular complexity index is 1780. The van der Waals surface area contributed by atoms with Gasteiger partial charge in [-0.3, -0.25) is 0 Å². The maximum atomic E-state index is 14.8. The summed E-state index contributed by atoms with van der Waals surface area (Å²) in [5.74, 6) is -3.18. The molecule has 0 spiro atoms. The van der Waals surface area contributed by atoms with Crippen molar-refractivity contribution in [3.05, 3.63) is 150 Å². The molecule has 0 aliphatic carbocycles. The molecule has 3 atom stereocenters. The number of hydrogen-bond acceptors (Lipinski definition) is 9. The number of benzene rings is 4. The van der Waals surface area contributed by atoms with E-state index in [0.29, 0.717) is 6.42 Å². The Kier molecular flexibility index (Phi) is 13.2. The van der Waals surface area contributed by atoms with Crippen LogP contribution in [-0.4, -0.2) is 71.2 Å². The van der Waals surface area contributed by atoms with Gasteiger partial charge in [0.05, 0.1) is 0 Å². The van der Waals surface area contributed by atoms with Gasteiger partial charge in [0, 0.05) is 0 Å². The number of rotatable bonds is 16. The Balaban J connectivity index is 1.46. The number of alkyl carbamates (subject to hydrolysis) is 1. The predicted molar refractivity (Wildman–Crippen MR) is 201 cm³/mol. The number of methoxy groups -OCH3 is 1. The Morgan fingerprint density at radius 1 is 0.830 bits per heavy atom. The quantitative estimate of drug-likeness (QED) is 0.0797. The predicted octanol–water partition coefficient (Wildman–Crippen LogP) is 6.02. The molecule has 4 aromatic carbocycles. The van der Waals surface area contributed by atoms with Gasteiger partial charge in [-0.1, -0.05) is 30.3 Å². The molecule has 13 heteroatoms. The van der Waals surface area contributed by atoms with Crippen molar-refractivity contribution >= 4 is 25.4 Å². The van der Waals surface area contributed by atoms with Crippen molar-refractivity contribution in [3.8, 4) is 5.75 Å². The van der Waals surface area contributed by atoms with Crippen molar-refractivity contribution in [2.75, 3.05) is 20.8 Å². The molecular formula is C40H46N3O9P.